The number of aromatic nitrogens is 4. The molecule has 0 aliphatic carbocycles. The van der Waals surface area contributed by atoms with E-state index in [2.05, 4.69) is 217 Å². The zero-order valence-corrected chi connectivity index (χ0v) is 34.5. The number of benzene rings is 10. The maximum absolute atomic E-state index is 5.26. The number of para-hydroxylation sites is 2. The zero-order chi connectivity index (χ0) is 41.9. The summed E-state index contributed by atoms with van der Waals surface area (Å²) in [7, 11) is 0. The number of hydrogen-bond acceptors (Lipinski definition) is 4. The average molecular weight is 806 g/mol. The number of anilines is 3. The highest BCUT2D eigenvalue weighted by atomic mass is 15.1. The second-order valence-electron chi connectivity index (χ2n) is 16.1. The van der Waals surface area contributed by atoms with Gasteiger partial charge < -0.3 is 9.47 Å². The van der Waals surface area contributed by atoms with E-state index in [9.17, 15) is 0 Å². The van der Waals surface area contributed by atoms with Crippen molar-refractivity contribution in [2.75, 3.05) is 4.90 Å². The third kappa shape index (κ3) is 6.29. The summed E-state index contributed by atoms with van der Waals surface area (Å²) in [5.41, 5.74) is 10.6. The summed E-state index contributed by atoms with van der Waals surface area (Å²) in [6.45, 7) is 2.21. The molecule has 2 aromatic heterocycles. The van der Waals surface area contributed by atoms with Gasteiger partial charge in [-0.25, -0.2) is 15.0 Å². The molecule has 0 amide bonds. The first kappa shape index (κ1) is 36.4. The van der Waals surface area contributed by atoms with Crippen LogP contribution < -0.4 is 4.90 Å². The smallest absolute Gasteiger partial charge is 0.164 e. The molecule has 0 N–H and O–H groups in total. The maximum Gasteiger partial charge on any atom is 0.164 e. The molecule has 0 radical (unpaired) electrons. The van der Waals surface area contributed by atoms with Crippen LogP contribution in [0.4, 0.5) is 17.1 Å². The van der Waals surface area contributed by atoms with Crippen molar-refractivity contribution in [3.05, 3.63) is 224 Å². The molecule has 0 saturated heterocycles. The number of nitrogens with zero attached hydrogens (tertiary/aromatic N) is 5. The van der Waals surface area contributed by atoms with E-state index < -0.39 is 0 Å². The number of rotatable bonds is 7. The largest absolute Gasteiger partial charge is 0.310 e. The van der Waals surface area contributed by atoms with Crippen LogP contribution in [-0.4, -0.2) is 19.5 Å². The molecule has 0 atom stereocenters. The number of hydrogen-bond donors (Lipinski definition) is 0. The van der Waals surface area contributed by atoms with Crippen LogP contribution in [0, 0.1) is 6.92 Å². The maximum atomic E-state index is 5.26. The van der Waals surface area contributed by atoms with Crippen molar-refractivity contribution in [3.8, 4) is 39.9 Å². The van der Waals surface area contributed by atoms with Crippen LogP contribution in [0.3, 0.4) is 0 Å². The van der Waals surface area contributed by atoms with E-state index in [-0.39, 0.29) is 0 Å². The minimum Gasteiger partial charge on any atom is -0.310 e. The lowest BCUT2D eigenvalue weighted by Gasteiger charge is -2.28. The predicted octanol–water partition coefficient (Wildman–Crippen LogP) is 15.2. The summed E-state index contributed by atoms with van der Waals surface area (Å²) in [4.78, 5) is 18.0. The first-order chi connectivity index (χ1) is 31.1. The summed E-state index contributed by atoms with van der Waals surface area (Å²) in [5, 5.41) is 9.31. The second-order valence-corrected chi connectivity index (χ2v) is 16.1. The summed E-state index contributed by atoms with van der Waals surface area (Å²) in [5.74, 6) is 1.87. The first-order valence-electron chi connectivity index (χ1n) is 21.4. The molecule has 0 saturated carbocycles. The Morgan fingerprint density at radius 3 is 1.71 bits per heavy atom. The van der Waals surface area contributed by atoms with Gasteiger partial charge in [0, 0.05) is 49.6 Å². The summed E-state index contributed by atoms with van der Waals surface area (Å²) < 4.78 is 2.43. The lowest BCUT2D eigenvalue weighted by molar-refractivity contribution is 1.07. The van der Waals surface area contributed by atoms with Gasteiger partial charge in [-0.15, -0.1) is 0 Å². The van der Waals surface area contributed by atoms with Crippen LogP contribution in [-0.2, 0) is 0 Å². The van der Waals surface area contributed by atoms with Gasteiger partial charge in [-0.05, 0) is 82.6 Å². The lowest BCUT2D eigenvalue weighted by atomic mass is 10.0. The van der Waals surface area contributed by atoms with Gasteiger partial charge in [0.05, 0.1) is 22.4 Å². The van der Waals surface area contributed by atoms with E-state index in [1.165, 1.54) is 38.2 Å². The molecular weight excluding hydrogens is 767 g/mol. The molecular formula is C58H39N5. The molecule has 5 nitrogen and oxygen atoms in total. The van der Waals surface area contributed by atoms with Crippen molar-refractivity contribution in [2.24, 2.45) is 0 Å². The Balaban J connectivity index is 1.11. The SMILES string of the molecule is Cc1ccc2ccccc2c1N(c1ccccc1)c1ccc2c3ccccc3n(-c3cc(-c4nc(-c5ccccc5)nc(-c5ccc6ccccc6c5)n4)cc4ccccc34)c2c1. The van der Waals surface area contributed by atoms with Crippen LogP contribution in [0.25, 0.3) is 94.0 Å². The Labute approximate surface area is 364 Å². The fourth-order valence-corrected chi connectivity index (χ4v) is 9.29. The molecule has 0 spiro atoms. The Morgan fingerprint density at radius 1 is 0.349 bits per heavy atom. The summed E-state index contributed by atoms with van der Waals surface area (Å²) in [6, 6.07) is 77.6. The molecule has 63 heavy (non-hydrogen) atoms. The van der Waals surface area contributed by atoms with E-state index in [0.29, 0.717) is 17.5 Å². The average Bonchev–Trinajstić information content (AvgIpc) is 3.68. The Hall–Kier alpha value is -8.41. The molecule has 0 unspecified atom stereocenters. The Bertz CT molecular complexity index is 3710. The summed E-state index contributed by atoms with van der Waals surface area (Å²) >= 11 is 0. The van der Waals surface area contributed by atoms with Crippen molar-refractivity contribution < 1.29 is 0 Å². The van der Waals surface area contributed by atoms with E-state index in [1.807, 2.05) is 18.2 Å². The zero-order valence-electron chi connectivity index (χ0n) is 34.5. The third-order valence-corrected chi connectivity index (χ3v) is 12.3. The molecule has 10 aromatic carbocycles. The van der Waals surface area contributed by atoms with E-state index >= 15 is 0 Å². The Morgan fingerprint density at radius 2 is 0.921 bits per heavy atom. The van der Waals surface area contributed by atoms with E-state index in [1.54, 1.807) is 0 Å². The molecule has 5 heteroatoms. The van der Waals surface area contributed by atoms with Crippen molar-refractivity contribution in [1.29, 1.82) is 0 Å². The van der Waals surface area contributed by atoms with Crippen LogP contribution in [0.1, 0.15) is 5.56 Å². The number of aryl methyl sites for hydroxylation is 1. The van der Waals surface area contributed by atoms with Crippen LogP contribution in [0.15, 0.2) is 218 Å². The van der Waals surface area contributed by atoms with Gasteiger partial charge in [-0.1, -0.05) is 170 Å². The van der Waals surface area contributed by atoms with Gasteiger partial charge in [-0.3, -0.25) is 0 Å². The third-order valence-electron chi connectivity index (χ3n) is 12.3. The quantitative estimate of drug-likeness (QED) is 0.161. The molecule has 12 rings (SSSR count). The molecule has 0 fully saturated rings. The van der Waals surface area contributed by atoms with Gasteiger partial charge >= 0.3 is 0 Å². The van der Waals surface area contributed by atoms with Gasteiger partial charge in [0.1, 0.15) is 0 Å². The monoisotopic (exact) mass is 805 g/mol. The first-order valence-corrected chi connectivity index (χ1v) is 21.4. The highest BCUT2D eigenvalue weighted by molar-refractivity contribution is 6.12. The van der Waals surface area contributed by atoms with Crippen LogP contribution in [0.5, 0.6) is 0 Å². The standard InChI is InChI=1S/C58H39N5/c1-38-28-29-40-17-10-13-25-49(40)55(38)62(46-22-6-3-7-23-46)47-32-33-51-50-26-14-15-27-52(50)63(54(51)37-47)53-36-45(35-43-21-11-12-24-48(43)53)58-60-56(41-18-4-2-5-19-41)59-57(61-58)44-31-30-39-16-8-9-20-42(39)34-44/h2-37H,1H3. The van der Waals surface area contributed by atoms with E-state index in [4.69, 9.17) is 15.0 Å². The topological polar surface area (TPSA) is 46.8 Å². The molecule has 12 aromatic rings. The Kier molecular flexibility index (Phi) is 8.64. The van der Waals surface area contributed by atoms with Crippen LogP contribution in [0.2, 0.25) is 0 Å². The minimum atomic E-state index is 0.613. The van der Waals surface area contributed by atoms with Crippen molar-refractivity contribution in [2.45, 2.75) is 6.92 Å². The summed E-state index contributed by atoms with van der Waals surface area (Å²) in [6.07, 6.45) is 0. The fraction of sp³-hybridized carbons (Fsp3) is 0.0172. The van der Waals surface area contributed by atoms with Crippen molar-refractivity contribution >= 4 is 71.2 Å². The number of fused-ring (bicyclic) bond motifs is 6. The minimum absolute atomic E-state index is 0.613. The van der Waals surface area contributed by atoms with E-state index in [0.717, 1.165) is 60.9 Å². The lowest BCUT2D eigenvalue weighted by Crippen LogP contribution is -2.12. The van der Waals surface area contributed by atoms with Crippen LogP contribution >= 0.6 is 0 Å². The second kappa shape index (κ2) is 14.9. The van der Waals surface area contributed by atoms with Gasteiger partial charge in [0.15, 0.2) is 17.5 Å². The normalized spacial score (nSPS) is 11.6. The molecule has 296 valence electrons. The highest BCUT2D eigenvalue weighted by Gasteiger charge is 2.22. The molecule has 2 heterocycles. The molecule has 0 aliphatic heterocycles. The predicted molar refractivity (Wildman–Crippen MR) is 262 cm³/mol. The highest BCUT2D eigenvalue weighted by Crippen LogP contribution is 2.44. The van der Waals surface area contributed by atoms with Gasteiger partial charge in [0.2, 0.25) is 0 Å². The van der Waals surface area contributed by atoms with Crippen molar-refractivity contribution in [1.82, 2.24) is 19.5 Å². The van der Waals surface area contributed by atoms with Gasteiger partial charge in [-0.2, -0.15) is 0 Å². The molecule has 0 aliphatic rings. The van der Waals surface area contributed by atoms with Crippen molar-refractivity contribution in [3.63, 3.8) is 0 Å². The molecule has 0 bridgehead atoms. The fourth-order valence-electron chi connectivity index (χ4n) is 9.29. The van der Waals surface area contributed by atoms with Gasteiger partial charge in [0.25, 0.3) is 0 Å².